The Hall–Kier alpha value is -2.95. The highest BCUT2D eigenvalue weighted by atomic mass is 32.2. The third-order valence-corrected chi connectivity index (χ3v) is 4.69. The van der Waals surface area contributed by atoms with E-state index in [4.69, 9.17) is 10.4 Å². The van der Waals surface area contributed by atoms with E-state index in [9.17, 15) is 8.42 Å². The molecule has 2 aromatic carbocycles. The molecule has 0 atom stereocenters. The number of fused-ring (bicyclic) bond motifs is 1. The van der Waals surface area contributed by atoms with Crippen molar-refractivity contribution in [2.45, 2.75) is 17.9 Å². The maximum atomic E-state index is 11.4. The van der Waals surface area contributed by atoms with E-state index in [0.29, 0.717) is 18.7 Å². The zero-order valence-corrected chi connectivity index (χ0v) is 14.1. The van der Waals surface area contributed by atoms with Crippen molar-refractivity contribution in [1.82, 2.24) is 4.57 Å². The molecule has 0 amide bonds. The molecule has 0 aliphatic rings. The van der Waals surface area contributed by atoms with Crippen molar-refractivity contribution < 1.29 is 8.42 Å². The number of hydrogen-bond donors (Lipinski definition) is 1. The predicted octanol–water partition coefficient (Wildman–Crippen LogP) is 2.95. The summed E-state index contributed by atoms with van der Waals surface area (Å²) < 4.78 is 24.9. The molecule has 0 bridgehead atoms. The lowest BCUT2D eigenvalue weighted by atomic mass is 10.2. The van der Waals surface area contributed by atoms with Crippen molar-refractivity contribution in [1.29, 1.82) is 5.26 Å². The lowest BCUT2D eigenvalue weighted by Gasteiger charge is -2.00. The first-order valence-corrected chi connectivity index (χ1v) is 9.15. The molecule has 0 aliphatic heterocycles. The van der Waals surface area contributed by atoms with Gasteiger partial charge in [-0.1, -0.05) is 24.3 Å². The fourth-order valence-corrected chi connectivity index (χ4v) is 3.17. The van der Waals surface area contributed by atoms with E-state index in [1.54, 1.807) is 18.3 Å². The summed E-state index contributed by atoms with van der Waals surface area (Å²) in [5, 5.41) is 15.0. The van der Waals surface area contributed by atoms with Gasteiger partial charge in [0, 0.05) is 35.4 Å². The molecule has 1 aromatic heterocycles. The Labute approximate surface area is 145 Å². The van der Waals surface area contributed by atoms with Gasteiger partial charge in [0.2, 0.25) is 10.0 Å². The smallest absolute Gasteiger partial charge is 0.238 e. The third kappa shape index (κ3) is 3.76. The van der Waals surface area contributed by atoms with Gasteiger partial charge in [-0.25, -0.2) is 13.6 Å². The summed E-state index contributed by atoms with van der Waals surface area (Å²) in [6.45, 7) is 0.603. The number of hydrogen-bond acceptors (Lipinski definition) is 4. The minimum Gasteiger partial charge on any atom is -0.346 e. The zero-order chi connectivity index (χ0) is 17.9. The molecule has 0 fully saturated rings. The van der Waals surface area contributed by atoms with Gasteiger partial charge < -0.3 is 4.57 Å². The van der Waals surface area contributed by atoms with Crippen LogP contribution in [0.25, 0.3) is 10.9 Å². The minimum absolute atomic E-state index is 0.0265. The molecule has 25 heavy (non-hydrogen) atoms. The fraction of sp³-hybridized carbons (Fsp3) is 0.111. The van der Waals surface area contributed by atoms with Gasteiger partial charge in [0.15, 0.2) is 0 Å². The van der Waals surface area contributed by atoms with Gasteiger partial charge in [-0.3, -0.25) is 4.99 Å². The van der Waals surface area contributed by atoms with E-state index in [0.717, 1.165) is 16.5 Å². The average Bonchev–Trinajstić information content (AvgIpc) is 2.96. The maximum absolute atomic E-state index is 11.4. The number of aliphatic imine (C=N–C) groups is 1. The van der Waals surface area contributed by atoms with Gasteiger partial charge in [0.05, 0.1) is 23.1 Å². The number of rotatable bonds is 5. The number of nitrogens with two attached hydrogens (primary N) is 1. The molecule has 126 valence electrons. The number of aryl methyl sites for hydroxylation is 1. The van der Waals surface area contributed by atoms with Gasteiger partial charge >= 0.3 is 0 Å². The molecule has 0 saturated heterocycles. The van der Waals surface area contributed by atoms with E-state index in [2.05, 4.69) is 11.1 Å². The van der Waals surface area contributed by atoms with E-state index < -0.39 is 10.0 Å². The number of sulfonamides is 1. The van der Waals surface area contributed by atoms with E-state index in [1.807, 2.05) is 35.0 Å². The molecule has 2 N–H and O–H groups in total. The van der Waals surface area contributed by atoms with Crippen LogP contribution in [0.3, 0.4) is 0 Å². The summed E-state index contributed by atoms with van der Waals surface area (Å²) in [5.41, 5.74) is 2.42. The number of nitriles is 1. The van der Waals surface area contributed by atoms with Crippen LogP contribution in [0.2, 0.25) is 0 Å². The lowest BCUT2D eigenvalue weighted by molar-refractivity contribution is 0.598. The third-order valence-electron chi connectivity index (χ3n) is 3.78. The molecule has 0 saturated carbocycles. The Kier molecular flexibility index (Phi) is 4.65. The highest BCUT2D eigenvalue weighted by Gasteiger charge is 2.08. The van der Waals surface area contributed by atoms with Gasteiger partial charge in [0.1, 0.15) is 0 Å². The number of benzene rings is 2. The van der Waals surface area contributed by atoms with Crippen molar-refractivity contribution in [2.75, 3.05) is 0 Å². The number of nitrogens with zero attached hydrogens (tertiary/aromatic N) is 3. The number of para-hydroxylation sites is 1. The van der Waals surface area contributed by atoms with Crippen LogP contribution in [0.15, 0.2) is 64.6 Å². The summed E-state index contributed by atoms with van der Waals surface area (Å²) in [6.07, 6.45) is 4.05. The molecule has 1 heterocycles. The van der Waals surface area contributed by atoms with Crippen LogP contribution < -0.4 is 5.14 Å². The second kappa shape index (κ2) is 6.89. The largest absolute Gasteiger partial charge is 0.346 e. The quantitative estimate of drug-likeness (QED) is 0.714. The van der Waals surface area contributed by atoms with Crippen LogP contribution in [0, 0.1) is 11.3 Å². The Bertz CT molecular complexity index is 1090. The molecule has 3 rings (SSSR count). The van der Waals surface area contributed by atoms with Crippen LogP contribution >= 0.6 is 0 Å². The second-order valence-electron chi connectivity index (χ2n) is 5.50. The molecule has 0 aliphatic carbocycles. The Balaban J connectivity index is 1.98. The first kappa shape index (κ1) is 16.9. The molecule has 0 unspecified atom stereocenters. The Morgan fingerprint density at radius 2 is 2.00 bits per heavy atom. The van der Waals surface area contributed by atoms with Crippen LogP contribution in [0.4, 0.5) is 5.69 Å². The molecule has 7 heteroatoms. The van der Waals surface area contributed by atoms with Crippen LogP contribution in [0.1, 0.15) is 12.0 Å². The van der Waals surface area contributed by atoms with Crippen molar-refractivity contribution >= 4 is 32.8 Å². The van der Waals surface area contributed by atoms with E-state index in [1.165, 1.54) is 12.1 Å². The van der Waals surface area contributed by atoms with Crippen LogP contribution in [-0.4, -0.2) is 19.2 Å². The number of aromatic nitrogens is 1. The average molecular weight is 352 g/mol. The summed E-state index contributed by atoms with van der Waals surface area (Å²) >= 11 is 0. The Morgan fingerprint density at radius 3 is 2.76 bits per heavy atom. The summed E-state index contributed by atoms with van der Waals surface area (Å²) in [7, 11) is -3.76. The van der Waals surface area contributed by atoms with Gasteiger partial charge in [-0.2, -0.15) is 5.26 Å². The van der Waals surface area contributed by atoms with Crippen molar-refractivity contribution in [3.05, 3.63) is 60.3 Å². The SMILES string of the molecule is N#CCCn1cc(C=Nc2cccc(S(N)(=O)=O)c2)c2ccccc21. The maximum Gasteiger partial charge on any atom is 0.238 e. The molecular formula is C18H16N4O2S. The molecule has 0 spiro atoms. The predicted molar refractivity (Wildman–Crippen MR) is 97.2 cm³/mol. The summed E-state index contributed by atoms with van der Waals surface area (Å²) in [5.74, 6) is 0. The summed E-state index contributed by atoms with van der Waals surface area (Å²) in [4.78, 5) is 4.40. The molecule has 3 aromatic rings. The van der Waals surface area contributed by atoms with Crippen LogP contribution in [0.5, 0.6) is 0 Å². The van der Waals surface area contributed by atoms with Crippen molar-refractivity contribution in [2.24, 2.45) is 10.1 Å². The number of primary sulfonamides is 1. The van der Waals surface area contributed by atoms with Crippen molar-refractivity contribution in [3.63, 3.8) is 0 Å². The van der Waals surface area contributed by atoms with Crippen LogP contribution in [-0.2, 0) is 16.6 Å². The molecule has 6 nitrogen and oxygen atoms in total. The van der Waals surface area contributed by atoms with Gasteiger partial charge in [-0.05, 0) is 24.3 Å². The second-order valence-corrected chi connectivity index (χ2v) is 7.07. The highest BCUT2D eigenvalue weighted by Crippen LogP contribution is 2.22. The minimum atomic E-state index is -3.76. The normalized spacial score (nSPS) is 11.8. The fourth-order valence-electron chi connectivity index (χ4n) is 2.62. The van der Waals surface area contributed by atoms with Gasteiger partial charge in [-0.15, -0.1) is 0 Å². The first-order chi connectivity index (χ1) is 12.0. The lowest BCUT2D eigenvalue weighted by Crippen LogP contribution is -2.11. The zero-order valence-electron chi connectivity index (χ0n) is 13.3. The standard InChI is InChI=1S/C18H16N4O2S/c19-9-4-10-22-13-14(17-7-1-2-8-18(17)22)12-21-15-5-3-6-16(11-15)25(20,23)24/h1-3,5-8,11-13H,4,10H2,(H2,20,23,24). The Morgan fingerprint density at radius 1 is 1.20 bits per heavy atom. The molecule has 0 radical (unpaired) electrons. The van der Waals surface area contributed by atoms with E-state index in [-0.39, 0.29) is 4.90 Å². The van der Waals surface area contributed by atoms with Gasteiger partial charge in [0.25, 0.3) is 0 Å². The first-order valence-electron chi connectivity index (χ1n) is 7.61. The molecular weight excluding hydrogens is 336 g/mol. The van der Waals surface area contributed by atoms with Crippen molar-refractivity contribution in [3.8, 4) is 6.07 Å². The van der Waals surface area contributed by atoms with E-state index >= 15 is 0 Å². The highest BCUT2D eigenvalue weighted by molar-refractivity contribution is 7.89. The monoisotopic (exact) mass is 352 g/mol. The summed E-state index contributed by atoms with van der Waals surface area (Å²) in [6, 6.07) is 16.2. The topological polar surface area (TPSA) is 101 Å².